The van der Waals surface area contributed by atoms with Crippen LogP contribution in [-0.4, -0.2) is 41.6 Å². The first kappa shape index (κ1) is 15.5. The molecule has 2 amide bonds. The van der Waals surface area contributed by atoms with Crippen molar-refractivity contribution in [3.8, 4) is 0 Å². The number of nitrogens with one attached hydrogen (secondary N) is 1. The van der Waals surface area contributed by atoms with Crippen LogP contribution in [0.15, 0.2) is 12.7 Å². The summed E-state index contributed by atoms with van der Waals surface area (Å²) < 4.78 is 5.35. The topological polar surface area (TPSA) is 58.6 Å². The largest absolute Gasteiger partial charge is 0.444 e. The molecule has 0 aromatic heterocycles. The summed E-state index contributed by atoms with van der Waals surface area (Å²) in [5.41, 5.74) is -0.472. The number of hydrogen-bond acceptors (Lipinski definition) is 3. The van der Waals surface area contributed by atoms with Gasteiger partial charge in [0.15, 0.2) is 0 Å². The van der Waals surface area contributed by atoms with Gasteiger partial charge in [-0.25, -0.2) is 4.79 Å². The molecule has 1 N–H and O–H groups in total. The van der Waals surface area contributed by atoms with Gasteiger partial charge in [0, 0.05) is 19.1 Å². The average Bonchev–Trinajstić information content (AvgIpc) is 2.52. The molecule has 0 bridgehead atoms. The first-order chi connectivity index (χ1) is 8.81. The van der Waals surface area contributed by atoms with Crippen molar-refractivity contribution >= 4 is 12.0 Å². The van der Waals surface area contributed by atoms with E-state index in [4.69, 9.17) is 4.74 Å². The molecule has 0 spiro atoms. The van der Waals surface area contributed by atoms with E-state index in [2.05, 4.69) is 11.9 Å². The summed E-state index contributed by atoms with van der Waals surface area (Å²) in [5, 5.41) is 2.88. The Morgan fingerprint density at radius 1 is 1.32 bits per heavy atom. The smallest absolute Gasteiger partial charge is 0.410 e. The normalized spacial score (nSPS) is 20.4. The van der Waals surface area contributed by atoms with Crippen LogP contribution in [0.25, 0.3) is 0 Å². The fourth-order valence-corrected chi connectivity index (χ4v) is 2.01. The van der Waals surface area contributed by atoms with Crippen molar-refractivity contribution in [1.29, 1.82) is 0 Å². The maximum Gasteiger partial charge on any atom is 0.410 e. The average molecular weight is 268 g/mol. The Hall–Kier alpha value is -1.52. The third-order valence-corrected chi connectivity index (χ3v) is 2.91. The summed E-state index contributed by atoms with van der Waals surface area (Å²) in [4.78, 5) is 24.9. The molecule has 1 rings (SSSR count). The molecule has 1 aliphatic rings. The molecular formula is C14H24N2O3. The van der Waals surface area contributed by atoms with Crippen molar-refractivity contribution in [3.05, 3.63) is 12.7 Å². The van der Waals surface area contributed by atoms with Crippen molar-refractivity contribution in [1.82, 2.24) is 10.2 Å². The monoisotopic (exact) mass is 268 g/mol. The lowest BCUT2D eigenvalue weighted by Gasteiger charge is -2.26. The van der Waals surface area contributed by atoms with E-state index in [1.807, 2.05) is 20.8 Å². The lowest BCUT2D eigenvalue weighted by molar-refractivity contribution is -0.117. The van der Waals surface area contributed by atoms with Crippen molar-refractivity contribution in [2.75, 3.05) is 13.1 Å². The molecule has 1 aliphatic heterocycles. The van der Waals surface area contributed by atoms with E-state index in [0.29, 0.717) is 13.1 Å². The lowest BCUT2D eigenvalue weighted by atomic mass is 10.1. The van der Waals surface area contributed by atoms with Gasteiger partial charge in [0.1, 0.15) is 5.60 Å². The minimum Gasteiger partial charge on any atom is -0.444 e. The van der Waals surface area contributed by atoms with Crippen LogP contribution in [0.2, 0.25) is 0 Å². The molecule has 1 saturated heterocycles. The Kier molecular flexibility index (Phi) is 5.39. The van der Waals surface area contributed by atoms with Gasteiger partial charge in [-0.2, -0.15) is 0 Å². The summed E-state index contributed by atoms with van der Waals surface area (Å²) in [6.07, 6.45) is 3.48. The molecule has 19 heavy (non-hydrogen) atoms. The highest BCUT2D eigenvalue weighted by atomic mass is 16.6. The second-order valence-corrected chi connectivity index (χ2v) is 5.81. The zero-order chi connectivity index (χ0) is 14.5. The first-order valence-corrected chi connectivity index (χ1v) is 6.72. The van der Waals surface area contributed by atoms with E-state index in [1.165, 1.54) is 6.08 Å². The Morgan fingerprint density at radius 3 is 2.58 bits per heavy atom. The number of likely N-dealkylation sites (tertiary alicyclic amines) is 1. The van der Waals surface area contributed by atoms with Crippen LogP contribution in [0.1, 0.15) is 40.0 Å². The van der Waals surface area contributed by atoms with E-state index < -0.39 is 5.60 Å². The molecule has 1 fully saturated rings. The SMILES string of the molecule is C=CC(=O)NC1CCCN(C(=O)OC(C)(C)C)CC1. The van der Waals surface area contributed by atoms with Crippen LogP contribution in [0.3, 0.4) is 0 Å². The molecule has 0 saturated carbocycles. The van der Waals surface area contributed by atoms with Gasteiger partial charge >= 0.3 is 6.09 Å². The fourth-order valence-electron chi connectivity index (χ4n) is 2.01. The molecule has 1 atom stereocenters. The zero-order valence-electron chi connectivity index (χ0n) is 12.1. The Morgan fingerprint density at radius 2 is 2.00 bits per heavy atom. The number of carbonyl (C=O) groups excluding carboxylic acids is 2. The first-order valence-electron chi connectivity index (χ1n) is 6.72. The number of nitrogens with zero attached hydrogens (tertiary/aromatic N) is 1. The standard InChI is InChI=1S/C14H24N2O3/c1-5-12(17)15-11-7-6-9-16(10-8-11)13(18)19-14(2,3)4/h5,11H,1,6-10H2,2-4H3,(H,15,17). The highest BCUT2D eigenvalue weighted by Gasteiger charge is 2.25. The van der Waals surface area contributed by atoms with Gasteiger partial charge in [-0.15, -0.1) is 0 Å². The third-order valence-electron chi connectivity index (χ3n) is 2.91. The quantitative estimate of drug-likeness (QED) is 0.780. The van der Waals surface area contributed by atoms with E-state index in [1.54, 1.807) is 4.90 Å². The van der Waals surface area contributed by atoms with Crippen LogP contribution in [0.4, 0.5) is 4.79 Å². The number of amides is 2. The predicted octanol–water partition coefficient (Wildman–Crippen LogP) is 2.08. The molecule has 1 unspecified atom stereocenters. The number of ether oxygens (including phenoxy) is 1. The summed E-state index contributed by atoms with van der Waals surface area (Å²) in [6, 6.07) is 0.109. The van der Waals surface area contributed by atoms with Crippen molar-refractivity contribution in [2.24, 2.45) is 0 Å². The maximum atomic E-state index is 12.0. The third kappa shape index (κ3) is 5.77. The van der Waals surface area contributed by atoms with Gasteiger partial charge in [-0.1, -0.05) is 6.58 Å². The van der Waals surface area contributed by atoms with Crippen LogP contribution < -0.4 is 5.32 Å². The van der Waals surface area contributed by atoms with E-state index >= 15 is 0 Å². The second kappa shape index (κ2) is 6.59. The minimum atomic E-state index is -0.472. The van der Waals surface area contributed by atoms with Gasteiger partial charge in [0.25, 0.3) is 0 Å². The van der Waals surface area contributed by atoms with Crippen LogP contribution in [0.5, 0.6) is 0 Å². The van der Waals surface area contributed by atoms with Gasteiger partial charge < -0.3 is 15.0 Å². The Labute approximate surface area is 115 Å². The maximum absolute atomic E-state index is 12.0. The number of rotatable bonds is 2. The Balaban J connectivity index is 2.47. The van der Waals surface area contributed by atoms with Crippen molar-refractivity contribution in [3.63, 3.8) is 0 Å². The molecule has 0 aliphatic carbocycles. The van der Waals surface area contributed by atoms with E-state index in [9.17, 15) is 9.59 Å². The molecular weight excluding hydrogens is 244 g/mol. The van der Waals surface area contributed by atoms with Gasteiger partial charge in [-0.3, -0.25) is 4.79 Å². The molecule has 108 valence electrons. The molecule has 5 heteroatoms. The molecule has 0 aromatic rings. The lowest BCUT2D eigenvalue weighted by Crippen LogP contribution is -2.38. The van der Waals surface area contributed by atoms with Crippen LogP contribution >= 0.6 is 0 Å². The van der Waals surface area contributed by atoms with E-state index in [-0.39, 0.29) is 18.0 Å². The zero-order valence-corrected chi connectivity index (χ0v) is 12.1. The van der Waals surface area contributed by atoms with Crippen molar-refractivity contribution in [2.45, 2.75) is 51.7 Å². The van der Waals surface area contributed by atoms with Gasteiger partial charge in [0.05, 0.1) is 0 Å². The minimum absolute atomic E-state index is 0.109. The predicted molar refractivity (Wildman–Crippen MR) is 73.8 cm³/mol. The number of carbonyl (C=O) groups is 2. The highest BCUT2D eigenvalue weighted by molar-refractivity contribution is 5.87. The van der Waals surface area contributed by atoms with Gasteiger partial charge in [0.2, 0.25) is 5.91 Å². The molecule has 5 nitrogen and oxygen atoms in total. The van der Waals surface area contributed by atoms with E-state index in [0.717, 1.165) is 19.3 Å². The molecule has 0 radical (unpaired) electrons. The number of hydrogen-bond donors (Lipinski definition) is 1. The van der Waals surface area contributed by atoms with Crippen LogP contribution in [-0.2, 0) is 9.53 Å². The van der Waals surface area contributed by atoms with Crippen LogP contribution in [0, 0.1) is 0 Å². The summed E-state index contributed by atoms with van der Waals surface area (Å²) >= 11 is 0. The molecule has 1 heterocycles. The summed E-state index contributed by atoms with van der Waals surface area (Å²) in [5.74, 6) is -0.157. The Bertz CT molecular complexity index is 347. The highest BCUT2D eigenvalue weighted by Crippen LogP contribution is 2.15. The summed E-state index contributed by atoms with van der Waals surface area (Å²) in [6.45, 7) is 10.3. The molecule has 0 aromatic carbocycles. The van der Waals surface area contributed by atoms with Crippen molar-refractivity contribution < 1.29 is 14.3 Å². The van der Waals surface area contributed by atoms with Gasteiger partial charge in [-0.05, 0) is 46.1 Å². The fraction of sp³-hybridized carbons (Fsp3) is 0.714. The summed E-state index contributed by atoms with van der Waals surface area (Å²) in [7, 11) is 0. The second-order valence-electron chi connectivity index (χ2n) is 5.81.